The van der Waals surface area contributed by atoms with E-state index in [-0.39, 0.29) is 24.5 Å². The van der Waals surface area contributed by atoms with Gasteiger partial charge in [0.25, 0.3) is 5.69 Å². The average molecular weight is 373 g/mol. The van der Waals surface area contributed by atoms with E-state index in [2.05, 4.69) is 4.72 Å². The Morgan fingerprint density at radius 3 is 2.32 bits per heavy atom. The fourth-order valence-electron chi connectivity index (χ4n) is 1.78. The van der Waals surface area contributed by atoms with Gasteiger partial charge in [-0.1, -0.05) is 12.1 Å². The molecule has 1 rings (SSSR count). The first-order valence-electron chi connectivity index (χ1n) is 7.54. The molecule has 0 spiro atoms. The first-order chi connectivity index (χ1) is 11.4. The lowest BCUT2D eigenvalue weighted by atomic mass is 10.2. The number of nitro groups is 1. The molecule has 1 aromatic rings. The van der Waals surface area contributed by atoms with Crippen molar-refractivity contribution in [3.63, 3.8) is 0 Å². The molecule has 140 valence electrons. The number of nitrogens with zero attached hydrogens (tertiary/aromatic N) is 2. The molecule has 0 saturated heterocycles. The van der Waals surface area contributed by atoms with Crippen LogP contribution in [0.4, 0.5) is 10.5 Å². The fourth-order valence-corrected chi connectivity index (χ4v) is 2.92. The number of amides is 1. The standard InChI is InChI=1S/C15H23N3O6S/c1-15(2,3)24-14(19)17(4)10-9-16-25(22,23)11-12-5-7-13(8-6-12)18(20)21/h5-8,16H,9-11H2,1-4H3. The average Bonchev–Trinajstić information content (AvgIpc) is 2.45. The van der Waals surface area contributed by atoms with Gasteiger partial charge in [-0.05, 0) is 26.3 Å². The summed E-state index contributed by atoms with van der Waals surface area (Å²) >= 11 is 0. The molecule has 0 fully saturated rings. The van der Waals surface area contributed by atoms with Crippen LogP contribution in [0.3, 0.4) is 0 Å². The Balaban J connectivity index is 2.50. The van der Waals surface area contributed by atoms with Crippen LogP contribution in [-0.4, -0.2) is 50.1 Å². The van der Waals surface area contributed by atoms with Crippen LogP contribution in [0.1, 0.15) is 26.3 Å². The van der Waals surface area contributed by atoms with Gasteiger partial charge in [-0.2, -0.15) is 0 Å². The number of nitro benzene ring substituents is 1. The zero-order valence-corrected chi connectivity index (χ0v) is 15.5. The van der Waals surface area contributed by atoms with Gasteiger partial charge in [0.2, 0.25) is 10.0 Å². The van der Waals surface area contributed by atoms with Gasteiger partial charge in [-0.25, -0.2) is 17.9 Å². The largest absolute Gasteiger partial charge is 0.444 e. The Morgan fingerprint density at radius 2 is 1.84 bits per heavy atom. The van der Waals surface area contributed by atoms with Crippen LogP contribution in [0, 0.1) is 10.1 Å². The molecule has 0 saturated carbocycles. The zero-order valence-electron chi connectivity index (χ0n) is 14.7. The molecule has 0 aliphatic rings. The molecule has 0 radical (unpaired) electrons. The fraction of sp³-hybridized carbons (Fsp3) is 0.533. The van der Waals surface area contributed by atoms with Gasteiger partial charge in [-0.15, -0.1) is 0 Å². The molecule has 1 amide bonds. The summed E-state index contributed by atoms with van der Waals surface area (Å²) in [5.41, 5.74) is -0.299. The van der Waals surface area contributed by atoms with Crippen molar-refractivity contribution in [2.24, 2.45) is 0 Å². The SMILES string of the molecule is CN(CCNS(=O)(=O)Cc1ccc([N+](=O)[O-])cc1)C(=O)OC(C)(C)C. The van der Waals surface area contributed by atoms with E-state index < -0.39 is 26.6 Å². The number of likely N-dealkylation sites (N-methyl/N-ethyl adjacent to an activating group) is 1. The number of rotatable bonds is 7. The predicted molar refractivity (Wildman–Crippen MR) is 92.6 cm³/mol. The number of carbonyl (C=O) groups is 1. The van der Waals surface area contributed by atoms with E-state index in [0.717, 1.165) is 0 Å². The highest BCUT2D eigenvalue weighted by molar-refractivity contribution is 7.88. The van der Waals surface area contributed by atoms with E-state index in [4.69, 9.17) is 4.74 Å². The minimum Gasteiger partial charge on any atom is -0.444 e. The quantitative estimate of drug-likeness (QED) is 0.576. The molecular weight excluding hydrogens is 350 g/mol. The van der Waals surface area contributed by atoms with Crippen LogP contribution in [0.5, 0.6) is 0 Å². The van der Waals surface area contributed by atoms with Gasteiger partial charge in [0, 0.05) is 32.3 Å². The Kier molecular flexibility index (Phi) is 6.88. The van der Waals surface area contributed by atoms with E-state index >= 15 is 0 Å². The molecular formula is C15H23N3O6S. The third-order valence-corrected chi connectivity index (χ3v) is 4.34. The van der Waals surface area contributed by atoms with Crippen LogP contribution < -0.4 is 4.72 Å². The summed E-state index contributed by atoms with van der Waals surface area (Å²) in [6.45, 7) is 5.41. The molecule has 9 nitrogen and oxygen atoms in total. The number of benzene rings is 1. The predicted octanol–water partition coefficient (Wildman–Crippen LogP) is 1.88. The summed E-state index contributed by atoms with van der Waals surface area (Å²) in [7, 11) is -2.11. The summed E-state index contributed by atoms with van der Waals surface area (Å²) in [6, 6.07) is 5.29. The second kappa shape index (κ2) is 8.26. The number of nitrogens with one attached hydrogen (secondary N) is 1. The summed E-state index contributed by atoms with van der Waals surface area (Å²) in [5.74, 6) is -0.304. The maximum Gasteiger partial charge on any atom is 0.410 e. The maximum atomic E-state index is 12.0. The van der Waals surface area contributed by atoms with Crippen molar-refractivity contribution in [2.75, 3.05) is 20.1 Å². The first-order valence-corrected chi connectivity index (χ1v) is 9.20. The maximum absolute atomic E-state index is 12.0. The van der Waals surface area contributed by atoms with Gasteiger partial charge < -0.3 is 9.64 Å². The highest BCUT2D eigenvalue weighted by Crippen LogP contribution is 2.13. The lowest BCUT2D eigenvalue weighted by Crippen LogP contribution is -2.39. The molecule has 1 N–H and O–H groups in total. The van der Waals surface area contributed by atoms with Crippen molar-refractivity contribution in [3.8, 4) is 0 Å². The Labute approximate surface area is 147 Å². The molecule has 25 heavy (non-hydrogen) atoms. The molecule has 0 heterocycles. The molecule has 0 bridgehead atoms. The van der Waals surface area contributed by atoms with E-state index in [1.165, 1.54) is 36.2 Å². The molecule has 10 heteroatoms. The molecule has 0 aliphatic carbocycles. The number of sulfonamides is 1. The highest BCUT2D eigenvalue weighted by atomic mass is 32.2. The lowest BCUT2D eigenvalue weighted by Gasteiger charge is -2.24. The summed E-state index contributed by atoms with van der Waals surface area (Å²) < 4.78 is 31.6. The van der Waals surface area contributed by atoms with Crippen LogP contribution in [0.25, 0.3) is 0 Å². The normalized spacial score (nSPS) is 11.8. The number of hydrogen-bond donors (Lipinski definition) is 1. The van der Waals surface area contributed by atoms with Crippen LogP contribution in [0.15, 0.2) is 24.3 Å². The van der Waals surface area contributed by atoms with E-state index in [1.54, 1.807) is 20.8 Å². The lowest BCUT2D eigenvalue weighted by molar-refractivity contribution is -0.384. The zero-order chi connectivity index (χ0) is 19.3. The van der Waals surface area contributed by atoms with Crippen LogP contribution >= 0.6 is 0 Å². The van der Waals surface area contributed by atoms with E-state index in [9.17, 15) is 23.3 Å². The van der Waals surface area contributed by atoms with Gasteiger partial charge in [0.1, 0.15) is 5.60 Å². The second-order valence-electron chi connectivity index (χ2n) is 6.48. The Hall–Kier alpha value is -2.20. The monoisotopic (exact) mass is 373 g/mol. The third kappa shape index (κ3) is 7.94. The van der Waals surface area contributed by atoms with Crippen molar-refractivity contribution in [1.82, 2.24) is 9.62 Å². The van der Waals surface area contributed by atoms with Gasteiger partial charge in [0.05, 0.1) is 10.7 Å². The molecule has 0 atom stereocenters. The Bertz CT molecular complexity index is 710. The summed E-state index contributed by atoms with van der Waals surface area (Å²) in [5, 5.41) is 10.6. The van der Waals surface area contributed by atoms with Crippen LogP contribution in [-0.2, 0) is 20.5 Å². The van der Waals surface area contributed by atoms with E-state index in [1.807, 2.05) is 0 Å². The van der Waals surface area contributed by atoms with Crippen molar-refractivity contribution in [2.45, 2.75) is 32.1 Å². The first kappa shape index (κ1) is 20.8. The second-order valence-corrected chi connectivity index (χ2v) is 8.29. The molecule has 1 aromatic carbocycles. The molecule has 0 aromatic heterocycles. The number of ether oxygens (including phenoxy) is 1. The van der Waals surface area contributed by atoms with Crippen molar-refractivity contribution < 1.29 is 22.9 Å². The van der Waals surface area contributed by atoms with Gasteiger partial charge >= 0.3 is 6.09 Å². The van der Waals surface area contributed by atoms with Gasteiger partial charge in [-0.3, -0.25) is 10.1 Å². The summed E-state index contributed by atoms with van der Waals surface area (Å²) in [4.78, 5) is 23.1. The minimum absolute atomic E-state index is 0.0328. The van der Waals surface area contributed by atoms with Crippen LogP contribution in [0.2, 0.25) is 0 Å². The minimum atomic E-state index is -3.62. The Morgan fingerprint density at radius 1 is 1.28 bits per heavy atom. The number of hydrogen-bond acceptors (Lipinski definition) is 6. The third-order valence-electron chi connectivity index (χ3n) is 2.98. The number of carbonyl (C=O) groups excluding carboxylic acids is 1. The number of non-ortho nitro benzene ring substituents is 1. The topological polar surface area (TPSA) is 119 Å². The van der Waals surface area contributed by atoms with Gasteiger partial charge in [0.15, 0.2) is 0 Å². The van der Waals surface area contributed by atoms with Crippen molar-refractivity contribution >= 4 is 21.8 Å². The molecule has 0 unspecified atom stereocenters. The van der Waals surface area contributed by atoms with Crippen molar-refractivity contribution in [1.29, 1.82) is 0 Å². The van der Waals surface area contributed by atoms with Crippen molar-refractivity contribution in [3.05, 3.63) is 39.9 Å². The van der Waals surface area contributed by atoms with E-state index in [0.29, 0.717) is 5.56 Å². The summed E-state index contributed by atoms with van der Waals surface area (Å²) in [6.07, 6.45) is -0.540. The molecule has 0 aliphatic heterocycles. The smallest absolute Gasteiger partial charge is 0.410 e. The highest BCUT2D eigenvalue weighted by Gasteiger charge is 2.20.